The minimum Gasteiger partial charge on any atom is -0.508 e. The van der Waals surface area contributed by atoms with Crippen molar-refractivity contribution in [3.63, 3.8) is 0 Å². The second-order valence-electron chi connectivity index (χ2n) is 4.87. The number of hydrogen-bond acceptors (Lipinski definition) is 5. The van der Waals surface area contributed by atoms with Gasteiger partial charge in [-0.3, -0.25) is 9.59 Å². The summed E-state index contributed by atoms with van der Waals surface area (Å²) in [6.45, 7) is 3.93. The maximum atomic E-state index is 11.8. The fourth-order valence-electron chi connectivity index (χ4n) is 1.80. The quantitative estimate of drug-likeness (QED) is 0.324. The number of benzene rings is 2. The van der Waals surface area contributed by atoms with E-state index in [0.717, 1.165) is 0 Å². The van der Waals surface area contributed by atoms with Gasteiger partial charge in [0.15, 0.2) is 0 Å². The molecule has 2 rings (SSSR count). The summed E-state index contributed by atoms with van der Waals surface area (Å²) in [5.74, 6) is -1.07. The highest BCUT2D eigenvalue weighted by atomic mass is 16.5. The van der Waals surface area contributed by atoms with Crippen molar-refractivity contribution in [3.8, 4) is 11.5 Å². The van der Waals surface area contributed by atoms with Crippen LogP contribution in [0.1, 0.15) is 5.56 Å². The standard InChI is InChI=1S/C18H17N3O4/c1-2-10-25-16-8-6-14(7-9-16)20-17(23)18(24)21-19-12-13-4-3-5-15(22)11-13/h2-9,11-12,22H,1,10H2,(H,20,23)(H,21,24)/b19-12-. The van der Waals surface area contributed by atoms with E-state index in [-0.39, 0.29) is 5.75 Å². The fraction of sp³-hybridized carbons (Fsp3) is 0.0556. The number of nitrogens with zero attached hydrogens (tertiary/aromatic N) is 1. The Kier molecular flexibility index (Phi) is 6.30. The molecule has 2 amide bonds. The maximum absolute atomic E-state index is 11.8. The highest BCUT2D eigenvalue weighted by molar-refractivity contribution is 6.39. The van der Waals surface area contributed by atoms with Crippen molar-refractivity contribution >= 4 is 23.7 Å². The Morgan fingerprint density at radius 2 is 1.92 bits per heavy atom. The summed E-state index contributed by atoms with van der Waals surface area (Å²) in [7, 11) is 0. The Bertz CT molecular complexity index is 785. The Morgan fingerprint density at radius 3 is 2.60 bits per heavy atom. The molecule has 2 aromatic rings. The normalized spacial score (nSPS) is 10.2. The van der Waals surface area contributed by atoms with Gasteiger partial charge in [-0.15, -0.1) is 0 Å². The number of aromatic hydroxyl groups is 1. The minimum atomic E-state index is -0.914. The summed E-state index contributed by atoms with van der Waals surface area (Å²) in [5, 5.41) is 15.4. The van der Waals surface area contributed by atoms with E-state index in [2.05, 4.69) is 22.4 Å². The van der Waals surface area contributed by atoms with Crippen molar-refractivity contribution in [1.29, 1.82) is 0 Å². The number of anilines is 1. The van der Waals surface area contributed by atoms with E-state index in [1.54, 1.807) is 42.5 Å². The first kappa shape index (κ1) is 17.7. The van der Waals surface area contributed by atoms with Gasteiger partial charge < -0.3 is 15.2 Å². The number of hydrazone groups is 1. The van der Waals surface area contributed by atoms with Crippen LogP contribution in [0.4, 0.5) is 5.69 Å². The molecule has 0 aromatic heterocycles. The highest BCUT2D eigenvalue weighted by Gasteiger charge is 2.12. The molecule has 7 heteroatoms. The van der Waals surface area contributed by atoms with Crippen LogP contribution in [0.2, 0.25) is 0 Å². The van der Waals surface area contributed by atoms with Crippen molar-refractivity contribution in [2.75, 3.05) is 11.9 Å². The number of phenolic OH excluding ortho intramolecular Hbond substituents is 1. The molecule has 0 bridgehead atoms. The smallest absolute Gasteiger partial charge is 0.329 e. The van der Waals surface area contributed by atoms with Gasteiger partial charge in [-0.25, -0.2) is 5.43 Å². The molecule has 0 saturated carbocycles. The molecule has 0 atom stereocenters. The van der Waals surface area contributed by atoms with Crippen molar-refractivity contribution in [2.45, 2.75) is 0 Å². The number of hydrogen-bond donors (Lipinski definition) is 3. The molecule has 0 saturated heterocycles. The summed E-state index contributed by atoms with van der Waals surface area (Å²) in [6, 6.07) is 12.8. The van der Waals surface area contributed by atoms with E-state index in [1.165, 1.54) is 18.3 Å². The lowest BCUT2D eigenvalue weighted by molar-refractivity contribution is -0.136. The summed E-state index contributed by atoms with van der Waals surface area (Å²) in [5.41, 5.74) is 3.14. The molecule has 0 aliphatic rings. The van der Waals surface area contributed by atoms with Gasteiger partial charge in [-0.1, -0.05) is 24.8 Å². The largest absolute Gasteiger partial charge is 0.508 e. The van der Waals surface area contributed by atoms with Crippen LogP contribution in [0.15, 0.2) is 66.3 Å². The molecule has 128 valence electrons. The third kappa shape index (κ3) is 5.83. The number of ether oxygens (including phenoxy) is 1. The van der Waals surface area contributed by atoms with Gasteiger partial charge in [0.1, 0.15) is 18.1 Å². The SMILES string of the molecule is C=CCOc1ccc(NC(=O)C(=O)N/N=C\c2cccc(O)c2)cc1. The first-order chi connectivity index (χ1) is 12.1. The van der Waals surface area contributed by atoms with Gasteiger partial charge in [0, 0.05) is 5.69 Å². The van der Waals surface area contributed by atoms with Crippen LogP contribution in [0.3, 0.4) is 0 Å². The molecule has 2 aromatic carbocycles. The number of amides is 2. The first-order valence-electron chi connectivity index (χ1n) is 7.35. The molecule has 7 nitrogen and oxygen atoms in total. The van der Waals surface area contributed by atoms with Crippen molar-refractivity contribution < 1.29 is 19.4 Å². The lowest BCUT2D eigenvalue weighted by atomic mass is 10.2. The molecule has 0 aliphatic carbocycles. The van der Waals surface area contributed by atoms with Gasteiger partial charge in [0.05, 0.1) is 6.21 Å². The van der Waals surface area contributed by atoms with Crippen LogP contribution in [0.25, 0.3) is 0 Å². The van der Waals surface area contributed by atoms with Crippen LogP contribution >= 0.6 is 0 Å². The topological polar surface area (TPSA) is 100 Å². The lowest BCUT2D eigenvalue weighted by Gasteiger charge is -2.06. The Balaban J connectivity index is 1.85. The van der Waals surface area contributed by atoms with Crippen molar-refractivity contribution in [2.24, 2.45) is 5.10 Å². The third-order valence-electron chi connectivity index (χ3n) is 2.94. The number of carbonyl (C=O) groups is 2. The van der Waals surface area contributed by atoms with Crippen LogP contribution in [-0.2, 0) is 9.59 Å². The molecular weight excluding hydrogens is 322 g/mol. The summed E-state index contributed by atoms with van der Waals surface area (Å²) in [4.78, 5) is 23.5. The fourth-order valence-corrected chi connectivity index (χ4v) is 1.80. The molecule has 0 aliphatic heterocycles. The lowest BCUT2D eigenvalue weighted by Crippen LogP contribution is -2.32. The Morgan fingerprint density at radius 1 is 1.16 bits per heavy atom. The van der Waals surface area contributed by atoms with E-state index in [9.17, 15) is 14.7 Å². The van der Waals surface area contributed by atoms with Gasteiger partial charge >= 0.3 is 11.8 Å². The predicted octanol–water partition coefficient (Wildman–Crippen LogP) is 2.05. The molecule has 0 radical (unpaired) electrons. The van der Waals surface area contributed by atoms with Gasteiger partial charge in [-0.05, 0) is 42.0 Å². The zero-order valence-electron chi connectivity index (χ0n) is 13.3. The second-order valence-corrected chi connectivity index (χ2v) is 4.87. The van der Waals surface area contributed by atoms with E-state index in [0.29, 0.717) is 23.6 Å². The van der Waals surface area contributed by atoms with Gasteiger partial charge in [-0.2, -0.15) is 5.10 Å². The summed E-state index contributed by atoms with van der Waals surface area (Å²) < 4.78 is 5.32. The first-order valence-corrected chi connectivity index (χ1v) is 7.35. The molecule has 3 N–H and O–H groups in total. The van der Waals surface area contributed by atoms with Crippen LogP contribution in [0, 0.1) is 0 Å². The van der Waals surface area contributed by atoms with Crippen molar-refractivity contribution in [1.82, 2.24) is 5.43 Å². The van der Waals surface area contributed by atoms with Gasteiger partial charge in [0.2, 0.25) is 0 Å². The Labute approximate surface area is 144 Å². The molecular formula is C18H17N3O4. The molecule has 25 heavy (non-hydrogen) atoms. The van der Waals surface area contributed by atoms with Crippen LogP contribution in [0.5, 0.6) is 11.5 Å². The zero-order valence-corrected chi connectivity index (χ0v) is 13.3. The summed E-state index contributed by atoms with van der Waals surface area (Å²) >= 11 is 0. The molecule has 0 heterocycles. The predicted molar refractivity (Wildman–Crippen MR) is 94.6 cm³/mol. The molecule has 0 spiro atoms. The number of phenols is 1. The highest BCUT2D eigenvalue weighted by Crippen LogP contribution is 2.15. The summed E-state index contributed by atoms with van der Waals surface area (Å²) in [6.07, 6.45) is 2.94. The van der Waals surface area contributed by atoms with Gasteiger partial charge in [0.25, 0.3) is 0 Å². The Hall–Kier alpha value is -3.61. The molecule has 0 fully saturated rings. The van der Waals surface area contributed by atoms with E-state index in [1.807, 2.05) is 0 Å². The average Bonchev–Trinajstić information content (AvgIpc) is 2.61. The minimum absolute atomic E-state index is 0.0773. The van der Waals surface area contributed by atoms with Crippen molar-refractivity contribution in [3.05, 3.63) is 66.7 Å². The third-order valence-corrected chi connectivity index (χ3v) is 2.94. The van der Waals surface area contributed by atoms with E-state index >= 15 is 0 Å². The zero-order chi connectivity index (χ0) is 18.1. The van der Waals surface area contributed by atoms with Crippen LogP contribution in [-0.4, -0.2) is 29.7 Å². The monoisotopic (exact) mass is 339 g/mol. The van der Waals surface area contributed by atoms with E-state index < -0.39 is 11.8 Å². The average molecular weight is 339 g/mol. The number of carbonyl (C=O) groups excluding carboxylic acids is 2. The number of rotatable bonds is 6. The molecule has 0 unspecified atom stereocenters. The van der Waals surface area contributed by atoms with E-state index in [4.69, 9.17) is 4.74 Å². The number of nitrogens with one attached hydrogen (secondary N) is 2. The van der Waals surface area contributed by atoms with Crippen LogP contribution < -0.4 is 15.5 Å². The maximum Gasteiger partial charge on any atom is 0.329 e. The second kappa shape index (κ2) is 8.88.